The maximum absolute atomic E-state index is 5.68. The summed E-state index contributed by atoms with van der Waals surface area (Å²) in [5, 5.41) is 4.60. The Morgan fingerprint density at radius 1 is 0.962 bits per heavy atom. The molecule has 0 amide bonds. The summed E-state index contributed by atoms with van der Waals surface area (Å²) in [7, 11) is 3.17. The molecule has 0 spiro atoms. The van der Waals surface area contributed by atoms with Crippen molar-refractivity contribution in [3.63, 3.8) is 0 Å². The lowest BCUT2D eigenvalue weighted by Gasteiger charge is -2.09. The van der Waals surface area contributed by atoms with Gasteiger partial charge < -0.3 is 18.4 Å². The van der Waals surface area contributed by atoms with Crippen molar-refractivity contribution < 1.29 is 18.4 Å². The minimum absolute atomic E-state index is 0.410. The highest BCUT2D eigenvalue weighted by Gasteiger charge is 2.19. The predicted octanol–water partition coefficient (Wildman–Crippen LogP) is 4.19. The summed E-state index contributed by atoms with van der Waals surface area (Å²) in [6, 6.07) is 13.1. The third-order valence-corrected chi connectivity index (χ3v) is 4.53. The second-order valence-electron chi connectivity index (χ2n) is 5.29. The van der Waals surface area contributed by atoms with Gasteiger partial charge in [0.1, 0.15) is 22.6 Å². The van der Waals surface area contributed by atoms with Crippen LogP contribution in [-0.4, -0.2) is 29.3 Å². The molecule has 0 aliphatic rings. The number of methoxy groups -OCH3 is 2. The second kappa shape index (κ2) is 7.09. The summed E-state index contributed by atoms with van der Waals surface area (Å²) < 4.78 is 21.8. The van der Waals surface area contributed by atoms with Crippen molar-refractivity contribution in [3.05, 3.63) is 48.4 Å². The summed E-state index contributed by atoms with van der Waals surface area (Å²) in [4.78, 5) is 8.85. The number of ether oxygens (including phenoxy) is 2. The number of fused-ring (bicyclic) bond motifs is 1. The molecule has 0 saturated carbocycles. The van der Waals surface area contributed by atoms with E-state index < -0.39 is 0 Å². The number of hydrogen-bond donors (Lipinski definition) is 0. The van der Waals surface area contributed by atoms with Gasteiger partial charge in [0.25, 0.3) is 5.22 Å². The Kier molecular flexibility index (Phi) is 4.49. The van der Waals surface area contributed by atoms with Gasteiger partial charge >= 0.3 is 0 Å². The van der Waals surface area contributed by atoms with Gasteiger partial charge in [-0.3, -0.25) is 0 Å². The van der Waals surface area contributed by atoms with Gasteiger partial charge in [0, 0.05) is 0 Å². The molecule has 7 nitrogen and oxygen atoms in total. The zero-order chi connectivity index (χ0) is 17.9. The lowest BCUT2D eigenvalue weighted by Crippen LogP contribution is -1.94. The van der Waals surface area contributed by atoms with Crippen LogP contribution in [0.5, 0.6) is 11.5 Å². The van der Waals surface area contributed by atoms with Crippen LogP contribution in [0.4, 0.5) is 0 Å². The first-order valence-electron chi connectivity index (χ1n) is 7.81. The molecule has 4 aromatic rings. The molecule has 8 heteroatoms. The van der Waals surface area contributed by atoms with E-state index in [0.29, 0.717) is 39.8 Å². The molecule has 0 aliphatic heterocycles. The first-order valence-corrected chi connectivity index (χ1v) is 8.79. The van der Waals surface area contributed by atoms with Gasteiger partial charge in [-0.1, -0.05) is 35.1 Å². The average Bonchev–Trinajstić information content (AvgIpc) is 3.31. The normalized spacial score (nSPS) is 11.0. The molecule has 0 N–H and O–H groups in total. The van der Waals surface area contributed by atoms with E-state index in [1.165, 1.54) is 11.8 Å². The minimum Gasteiger partial charge on any atom is -0.496 e. The standard InChI is InChI=1S/C18H15N3O4S/c1-22-13-8-5-9-14(23-2)16(13)17-20-15(25-21-17)10-26-18-19-11-6-3-4-7-12(11)24-18/h3-9H,10H2,1-2H3. The topological polar surface area (TPSA) is 83.4 Å². The Labute approximate surface area is 153 Å². The number of thioether (sulfide) groups is 1. The van der Waals surface area contributed by atoms with Crippen LogP contribution >= 0.6 is 11.8 Å². The van der Waals surface area contributed by atoms with Crippen molar-refractivity contribution in [2.24, 2.45) is 0 Å². The Balaban J connectivity index is 1.55. The molecular weight excluding hydrogens is 354 g/mol. The highest BCUT2D eigenvalue weighted by atomic mass is 32.2. The number of oxazole rings is 1. The van der Waals surface area contributed by atoms with Gasteiger partial charge in [0.15, 0.2) is 5.58 Å². The minimum atomic E-state index is 0.410. The average molecular weight is 369 g/mol. The zero-order valence-electron chi connectivity index (χ0n) is 14.1. The Hall–Kier alpha value is -3.00. The second-order valence-corrected chi connectivity index (χ2v) is 6.21. The van der Waals surface area contributed by atoms with Crippen LogP contribution in [0.1, 0.15) is 5.89 Å². The molecule has 0 atom stereocenters. The number of nitrogens with zero attached hydrogens (tertiary/aromatic N) is 3. The van der Waals surface area contributed by atoms with E-state index >= 15 is 0 Å². The Bertz CT molecular complexity index is 989. The van der Waals surface area contributed by atoms with Crippen LogP contribution in [-0.2, 0) is 5.75 Å². The van der Waals surface area contributed by atoms with Gasteiger partial charge in [-0.25, -0.2) is 4.98 Å². The van der Waals surface area contributed by atoms with E-state index in [1.54, 1.807) is 14.2 Å². The molecule has 0 bridgehead atoms. The zero-order valence-corrected chi connectivity index (χ0v) is 14.9. The van der Waals surface area contributed by atoms with Gasteiger partial charge in [-0.05, 0) is 24.3 Å². The maximum Gasteiger partial charge on any atom is 0.257 e. The quantitative estimate of drug-likeness (QED) is 0.468. The van der Waals surface area contributed by atoms with Crippen LogP contribution in [0.25, 0.3) is 22.5 Å². The van der Waals surface area contributed by atoms with Gasteiger partial charge in [-0.2, -0.15) is 4.98 Å². The molecule has 0 radical (unpaired) electrons. The van der Waals surface area contributed by atoms with Gasteiger partial charge in [0.05, 0.1) is 20.0 Å². The fourth-order valence-corrected chi connectivity index (χ4v) is 3.20. The van der Waals surface area contributed by atoms with Crippen LogP contribution in [0.15, 0.2) is 56.6 Å². The predicted molar refractivity (Wildman–Crippen MR) is 96.4 cm³/mol. The van der Waals surface area contributed by atoms with Crippen molar-refractivity contribution in [1.29, 1.82) is 0 Å². The van der Waals surface area contributed by atoms with E-state index in [4.69, 9.17) is 18.4 Å². The molecule has 132 valence electrons. The van der Waals surface area contributed by atoms with E-state index in [0.717, 1.165) is 11.1 Å². The Morgan fingerprint density at radius 2 is 1.73 bits per heavy atom. The third-order valence-electron chi connectivity index (χ3n) is 3.71. The molecule has 4 rings (SSSR count). The first-order chi connectivity index (χ1) is 12.8. The van der Waals surface area contributed by atoms with E-state index in [9.17, 15) is 0 Å². The summed E-state index contributed by atoms with van der Waals surface area (Å²) in [6.07, 6.45) is 0. The molecule has 2 heterocycles. The molecule has 0 unspecified atom stereocenters. The molecule has 26 heavy (non-hydrogen) atoms. The number of para-hydroxylation sites is 2. The summed E-state index contributed by atoms with van der Waals surface area (Å²) in [5.74, 6) is 2.54. The summed E-state index contributed by atoms with van der Waals surface area (Å²) >= 11 is 1.39. The SMILES string of the molecule is COc1cccc(OC)c1-c1noc(CSc2nc3ccccc3o2)n1. The number of benzene rings is 2. The van der Waals surface area contributed by atoms with Gasteiger partial charge in [-0.15, -0.1) is 0 Å². The molecule has 2 aromatic carbocycles. The number of rotatable bonds is 6. The molecular formula is C18H15N3O4S. The molecule has 2 aromatic heterocycles. The highest BCUT2D eigenvalue weighted by molar-refractivity contribution is 7.98. The van der Waals surface area contributed by atoms with Crippen molar-refractivity contribution in [2.45, 2.75) is 11.0 Å². The van der Waals surface area contributed by atoms with E-state index in [1.807, 2.05) is 42.5 Å². The Morgan fingerprint density at radius 3 is 2.46 bits per heavy atom. The van der Waals surface area contributed by atoms with Crippen molar-refractivity contribution in [3.8, 4) is 22.9 Å². The lowest BCUT2D eigenvalue weighted by molar-refractivity contribution is 0.385. The van der Waals surface area contributed by atoms with Gasteiger partial charge in [0.2, 0.25) is 11.7 Å². The summed E-state index contributed by atoms with van der Waals surface area (Å²) in [5.41, 5.74) is 2.22. The summed E-state index contributed by atoms with van der Waals surface area (Å²) in [6.45, 7) is 0. The highest BCUT2D eigenvalue weighted by Crippen LogP contribution is 2.37. The number of hydrogen-bond acceptors (Lipinski definition) is 8. The number of aromatic nitrogens is 3. The largest absolute Gasteiger partial charge is 0.496 e. The van der Waals surface area contributed by atoms with E-state index in [2.05, 4.69) is 15.1 Å². The van der Waals surface area contributed by atoms with Crippen molar-refractivity contribution in [2.75, 3.05) is 14.2 Å². The fraction of sp³-hybridized carbons (Fsp3) is 0.167. The maximum atomic E-state index is 5.68. The molecule has 0 aliphatic carbocycles. The van der Waals surface area contributed by atoms with Crippen LogP contribution in [0.3, 0.4) is 0 Å². The van der Waals surface area contributed by atoms with Crippen LogP contribution < -0.4 is 9.47 Å². The monoisotopic (exact) mass is 369 g/mol. The van der Waals surface area contributed by atoms with Crippen LogP contribution in [0.2, 0.25) is 0 Å². The van der Waals surface area contributed by atoms with Crippen molar-refractivity contribution in [1.82, 2.24) is 15.1 Å². The first kappa shape index (κ1) is 16.5. The van der Waals surface area contributed by atoms with E-state index in [-0.39, 0.29) is 0 Å². The third kappa shape index (κ3) is 3.11. The smallest absolute Gasteiger partial charge is 0.257 e. The molecule has 0 fully saturated rings. The fourth-order valence-electron chi connectivity index (χ4n) is 2.52. The van der Waals surface area contributed by atoms with Crippen LogP contribution in [0, 0.1) is 0 Å². The molecule has 0 saturated heterocycles. The van der Waals surface area contributed by atoms with Crippen molar-refractivity contribution >= 4 is 22.9 Å². The lowest BCUT2D eigenvalue weighted by atomic mass is 10.1.